The fourth-order valence-electron chi connectivity index (χ4n) is 2.98. The molecule has 0 radical (unpaired) electrons. The first-order valence-electron chi connectivity index (χ1n) is 9.75. The first kappa shape index (κ1) is 20.9. The lowest BCUT2D eigenvalue weighted by atomic mass is 10.2. The standard InChI is InChI=1S/C22H19FN6O3/c1-12-11-25-21(27-15-3-5-16(23)19(10-15)31-13(2)7-8-24)29-20(12)26-14-4-6-18-17(9-14)28-22(30)32-18/h3-6,9-11,13H,7H2,1-2H3,(H,28,30)(H2,25,26,27,29). The van der Waals surface area contributed by atoms with Crippen molar-refractivity contribution in [3.05, 3.63) is 64.5 Å². The Kier molecular flexibility index (Phi) is 5.72. The Morgan fingerprint density at radius 1 is 1.25 bits per heavy atom. The maximum atomic E-state index is 14.1. The SMILES string of the molecule is Cc1cnc(Nc2ccc(F)c(OC(C)CC#N)c2)nc1Nc1ccc2oc(=O)[nH]c2c1. The molecule has 4 aromatic rings. The van der Waals surface area contributed by atoms with E-state index in [2.05, 4.69) is 25.6 Å². The van der Waals surface area contributed by atoms with Crippen LogP contribution in [-0.2, 0) is 0 Å². The highest BCUT2D eigenvalue weighted by Crippen LogP contribution is 2.27. The molecule has 1 unspecified atom stereocenters. The van der Waals surface area contributed by atoms with Gasteiger partial charge in [0.15, 0.2) is 17.1 Å². The van der Waals surface area contributed by atoms with Crippen LogP contribution in [0.15, 0.2) is 51.8 Å². The van der Waals surface area contributed by atoms with Gasteiger partial charge in [0, 0.05) is 29.2 Å². The largest absolute Gasteiger partial charge is 0.486 e. The van der Waals surface area contributed by atoms with Crippen LogP contribution in [0.3, 0.4) is 0 Å². The predicted molar refractivity (Wildman–Crippen MR) is 117 cm³/mol. The number of nitriles is 1. The second-order valence-electron chi connectivity index (χ2n) is 7.14. The molecule has 162 valence electrons. The number of fused-ring (bicyclic) bond motifs is 1. The van der Waals surface area contributed by atoms with E-state index in [0.29, 0.717) is 34.2 Å². The number of hydrogen-bond acceptors (Lipinski definition) is 8. The van der Waals surface area contributed by atoms with E-state index in [9.17, 15) is 9.18 Å². The van der Waals surface area contributed by atoms with Gasteiger partial charge in [-0.3, -0.25) is 4.98 Å². The van der Waals surface area contributed by atoms with Crippen LogP contribution in [0, 0.1) is 24.1 Å². The third kappa shape index (κ3) is 4.67. The van der Waals surface area contributed by atoms with Crippen molar-refractivity contribution in [2.24, 2.45) is 0 Å². The van der Waals surface area contributed by atoms with E-state index >= 15 is 0 Å². The molecule has 2 aromatic heterocycles. The van der Waals surface area contributed by atoms with Gasteiger partial charge in [0.25, 0.3) is 0 Å². The van der Waals surface area contributed by atoms with Crippen molar-refractivity contribution >= 4 is 34.2 Å². The third-order valence-corrected chi connectivity index (χ3v) is 4.55. The first-order chi connectivity index (χ1) is 15.4. The summed E-state index contributed by atoms with van der Waals surface area (Å²) in [6.45, 7) is 3.55. The molecule has 0 spiro atoms. The Hall–Kier alpha value is -4.39. The van der Waals surface area contributed by atoms with Gasteiger partial charge < -0.3 is 19.8 Å². The number of rotatable bonds is 7. The van der Waals surface area contributed by atoms with Crippen LogP contribution in [0.5, 0.6) is 5.75 Å². The molecule has 32 heavy (non-hydrogen) atoms. The van der Waals surface area contributed by atoms with Crippen molar-refractivity contribution < 1.29 is 13.5 Å². The number of anilines is 4. The van der Waals surface area contributed by atoms with Gasteiger partial charge in [-0.25, -0.2) is 14.2 Å². The molecule has 0 fully saturated rings. The van der Waals surface area contributed by atoms with Crippen LogP contribution in [0.4, 0.5) is 27.5 Å². The number of aryl methyl sites for hydroxylation is 1. The van der Waals surface area contributed by atoms with E-state index in [1.165, 1.54) is 18.2 Å². The molecule has 9 nitrogen and oxygen atoms in total. The number of benzene rings is 2. The minimum atomic E-state index is -0.528. The van der Waals surface area contributed by atoms with Gasteiger partial charge in [0.2, 0.25) is 5.95 Å². The minimum absolute atomic E-state index is 0.0330. The van der Waals surface area contributed by atoms with Crippen molar-refractivity contribution in [1.82, 2.24) is 15.0 Å². The molecule has 0 aliphatic carbocycles. The molecule has 0 bridgehead atoms. The Balaban J connectivity index is 1.54. The van der Waals surface area contributed by atoms with Crippen LogP contribution in [-0.4, -0.2) is 21.1 Å². The van der Waals surface area contributed by atoms with Crippen molar-refractivity contribution in [3.63, 3.8) is 0 Å². The highest BCUT2D eigenvalue weighted by molar-refractivity contribution is 5.78. The highest BCUT2D eigenvalue weighted by atomic mass is 19.1. The number of ether oxygens (including phenoxy) is 1. The van der Waals surface area contributed by atoms with Gasteiger partial charge in [-0.1, -0.05) is 0 Å². The molecule has 4 rings (SSSR count). The number of nitrogens with zero attached hydrogens (tertiary/aromatic N) is 3. The maximum absolute atomic E-state index is 14.1. The Bertz CT molecular complexity index is 1370. The first-order valence-corrected chi connectivity index (χ1v) is 9.75. The van der Waals surface area contributed by atoms with Crippen LogP contribution >= 0.6 is 0 Å². The zero-order valence-electron chi connectivity index (χ0n) is 17.3. The molecule has 0 aliphatic heterocycles. The zero-order chi connectivity index (χ0) is 22.7. The number of H-pyrrole nitrogens is 1. The molecule has 2 heterocycles. The Morgan fingerprint density at radius 3 is 2.84 bits per heavy atom. The lowest BCUT2D eigenvalue weighted by molar-refractivity contribution is 0.217. The summed E-state index contributed by atoms with van der Waals surface area (Å²) in [7, 11) is 0. The summed E-state index contributed by atoms with van der Waals surface area (Å²) in [6, 6.07) is 11.5. The summed E-state index contributed by atoms with van der Waals surface area (Å²) in [4.78, 5) is 22.7. The Labute approximate surface area is 181 Å². The molecule has 0 saturated carbocycles. The second kappa shape index (κ2) is 8.77. The van der Waals surface area contributed by atoms with E-state index in [4.69, 9.17) is 14.4 Å². The average Bonchev–Trinajstić information content (AvgIpc) is 3.12. The normalized spacial score (nSPS) is 11.7. The van der Waals surface area contributed by atoms with Gasteiger partial charge in [-0.15, -0.1) is 0 Å². The maximum Gasteiger partial charge on any atom is 0.417 e. The molecule has 0 saturated heterocycles. The number of nitrogens with one attached hydrogen (secondary N) is 3. The predicted octanol–water partition coefficient (Wildman–Crippen LogP) is 4.53. The lowest BCUT2D eigenvalue weighted by Gasteiger charge is -2.14. The summed E-state index contributed by atoms with van der Waals surface area (Å²) in [5.74, 6) is -0.176. The fraction of sp³-hybridized carbons (Fsp3) is 0.182. The summed E-state index contributed by atoms with van der Waals surface area (Å²) >= 11 is 0. The van der Waals surface area contributed by atoms with Crippen molar-refractivity contribution in [3.8, 4) is 11.8 Å². The molecule has 3 N–H and O–H groups in total. The van der Waals surface area contributed by atoms with Gasteiger partial charge in [0.1, 0.15) is 11.9 Å². The topological polar surface area (TPSA) is 129 Å². The second-order valence-corrected chi connectivity index (χ2v) is 7.14. The van der Waals surface area contributed by atoms with Gasteiger partial charge >= 0.3 is 5.76 Å². The number of aromatic nitrogens is 3. The number of hydrogen-bond donors (Lipinski definition) is 3. The lowest BCUT2D eigenvalue weighted by Crippen LogP contribution is -2.11. The monoisotopic (exact) mass is 434 g/mol. The number of aromatic amines is 1. The highest BCUT2D eigenvalue weighted by Gasteiger charge is 2.11. The summed E-state index contributed by atoms with van der Waals surface area (Å²) < 4.78 is 24.6. The van der Waals surface area contributed by atoms with Crippen LogP contribution < -0.4 is 21.1 Å². The smallest absolute Gasteiger partial charge is 0.417 e. The van der Waals surface area contributed by atoms with Gasteiger partial charge in [-0.2, -0.15) is 10.2 Å². The van der Waals surface area contributed by atoms with E-state index in [-0.39, 0.29) is 12.2 Å². The summed E-state index contributed by atoms with van der Waals surface area (Å²) in [6.07, 6.45) is 1.34. The third-order valence-electron chi connectivity index (χ3n) is 4.55. The van der Waals surface area contributed by atoms with Gasteiger partial charge in [0.05, 0.1) is 18.0 Å². The minimum Gasteiger partial charge on any atom is -0.486 e. The molecule has 10 heteroatoms. The number of halogens is 1. The molecule has 0 amide bonds. The van der Waals surface area contributed by atoms with E-state index in [1.54, 1.807) is 31.3 Å². The summed E-state index contributed by atoms with van der Waals surface area (Å²) in [5.41, 5.74) is 3.05. The van der Waals surface area contributed by atoms with Gasteiger partial charge in [-0.05, 0) is 44.2 Å². The molecular weight excluding hydrogens is 415 g/mol. The average molecular weight is 434 g/mol. The Morgan fingerprint density at radius 2 is 2.03 bits per heavy atom. The van der Waals surface area contributed by atoms with E-state index in [0.717, 1.165) is 5.56 Å². The number of oxazole rings is 1. The van der Waals surface area contributed by atoms with Crippen LogP contribution in [0.1, 0.15) is 18.9 Å². The van der Waals surface area contributed by atoms with Crippen LogP contribution in [0.25, 0.3) is 11.1 Å². The van der Waals surface area contributed by atoms with Crippen molar-refractivity contribution in [1.29, 1.82) is 5.26 Å². The fourth-order valence-corrected chi connectivity index (χ4v) is 2.98. The van der Waals surface area contributed by atoms with Crippen molar-refractivity contribution in [2.75, 3.05) is 10.6 Å². The molecule has 2 aromatic carbocycles. The molecular formula is C22H19FN6O3. The van der Waals surface area contributed by atoms with Crippen molar-refractivity contribution in [2.45, 2.75) is 26.4 Å². The van der Waals surface area contributed by atoms with E-state index in [1.807, 2.05) is 13.0 Å². The van der Waals surface area contributed by atoms with Crippen LogP contribution in [0.2, 0.25) is 0 Å². The quantitative estimate of drug-likeness (QED) is 0.387. The van der Waals surface area contributed by atoms with E-state index < -0.39 is 17.7 Å². The molecule has 0 aliphatic rings. The summed E-state index contributed by atoms with van der Waals surface area (Å²) in [5, 5.41) is 15.0. The zero-order valence-corrected chi connectivity index (χ0v) is 17.3. The molecule has 1 atom stereocenters.